The van der Waals surface area contributed by atoms with Crippen molar-refractivity contribution in [1.29, 1.82) is 0 Å². The maximum absolute atomic E-state index is 5.76. The van der Waals surface area contributed by atoms with E-state index in [1.54, 1.807) is 6.07 Å². The molecule has 0 unspecified atom stereocenters. The van der Waals surface area contributed by atoms with Gasteiger partial charge in [-0.15, -0.1) is 0 Å². The van der Waals surface area contributed by atoms with E-state index in [0.29, 0.717) is 29.2 Å². The molecule has 0 spiro atoms. The molecule has 0 amide bonds. The van der Waals surface area contributed by atoms with Crippen LogP contribution in [0.4, 0.5) is 23.4 Å². The Morgan fingerprint density at radius 2 is 1.58 bits per heavy atom. The molecule has 122 valence electrons. The van der Waals surface area contributed by atoms with Gasteiger partial charge in [0, 0.05) is 11.7 Å². The molecule has 1 aromatic carbocycles. The Kier molecular flexibility index (Phi) is 4.51. The van der Waals surface area contributed by atoms with Crippen LogP contribution in [0.2, 0.25) is 0 Å². The predicted octanol–water partition coefficient (Wildman–Crippen LogP) is 3.08. The highest BCUT2D eigenvalue weighted by Gasteiger charge is 2.11. The van der Waals surface area contributed by atoms with Gasteiger partial charge in [0.1, 0.15) is 11.5 Å². The van der Waals surface area contributed by atoms with E-state index in [-0.39, 0.29) is 6.04 Å². The van der Waals surface area contributed by atoms with Gasteiger partial charge in [0.15, 0.2) is 5.82 Å². The van der Waals surface area contributed by atoms with Crippen molar-refractivity contribution in [3.63, 3.8) is 0 Å². The summed E-state index contributed by atoms with van der Waals surface area (Å²) in [6.45, 7) is 4.04. The number of nitrogens with zero attached hydrogens (tertiary/aromatic N) is 4. The van der Waals surface area contributed by atoms with E-state index >= 15 is 0 Å². The van der Waals surface area contributed by atoms with Gasteiger partial charge in [0.05, 0.1) is 0 Å². The molecule has 0 saturated heterocycles. The minimum Gasteiger partial charge on any atom is -0.384 e. The van der Waals surface area contributed by atoms with Crippen molar-refractivity contribution in [1.82, 2.24) is 19.9 Å². The Bertz CT molecular complexity index is 818. The van der Waals surface area contributed by atoms with Crippen molar-refractivity contribution < 1.29 is 0 Å². The minimum atomic E-state index is 0.193. The summed E-state index contributed by atoms with van der Waals surface area (Å²) >= 11 is 0. The van der Waals surface area contributed by atoms with Gasteiger partial charge >= 0.3 is 0 Å². The molecule has 0 saturated carbocycles. The monoisotopic (exact) mass is 321 g/mol. The van der Waals surface area contributed by atoms with E-state index in [4.69, 9.17) is 5.73 Å². The number of hydrogen-bond donors (Lipinski definition) is 3. The summed E-state index contributed by atoms with van der Waals surface area (Å²) in [5.41, 5.74) is 7.25. The van der Waals surface area contributed by atoms with Gasteiger partial charge in [0.2, 0.25) is 11.9 Å². The average Bonchev–Trinajstić information content (AvgIpc) is 2.55. The van der Waals surface area contributed by atoms with E-state index in [9.17, 15) is 0 Å². The second-order valence-corrected chi connectivity index (χ2v) is 5.54. The Hall–Kier alpha value is -3.22. The van der Waals surface area contributed by atoms with Crippen LogP contribution in [0.25, 0.3) is 11.5 Å². The molecule has 7 heteroatoms. The van der Waals surface area contributed by atoms with Gasteiger partial charge in [-0.05, 0) is 38.1 Å². The lowest BCUT2D eigenvalue weighted by atomic mass is 10.3. The van der Waals surface area contributed by atoms with E-state index in [2.05, 4.69) is 30.6 Å². The number of nitrogens with one attached hydrogen (secondary N) is 2. The van der Waals surface area contributed by atoms with Crippen LogP contribution < -0.4 is 16.4 Å². The molecule has 0 bridgehead atoms. The topological polar surface area (TPSA) is 102 Å². The molecule has 3 aromatic rings. The number of para-hydroxylation sites is 1. The summed E-state index contributed by atoms with van der Waals surface area (Å²) in [6, 6.07) is 15.3. The Morgan fingerprint density at radius 1 is 0.833 bits per heavy atom. The second kappa shape index (κ2) is 6.91. The second-order valence-electron chi connectivity index (χ2n) is 5.54. The number of nitrogens with two attached hydrogens (primary N) is 1. The highest BCUT2D eigenvalue weighted by molar-refractivity contribution is 5.59. The molecule has 0 fully saturated rings. The van der Waals surface area contributed by atoms with Gasteiger partial charge < -0.3 is 16.4 Å². The number of rotatable bonds is 5. The van der Waals surface area contributed by atoms with E-state index in [0.717, 1.165) is 5.69 Å². The van der Waals surface area contributed by atoms with Gasteiger partial charge in [-0.25, -0.2) is 4.98 Å². The first-order chi connectivity index (χ1) is 11.6. The molecule has 2 heterocycles. The molecule has 0 aliphatic heterocycles. The van der Waals surface area contributed by atoms with Crippen LogP contribution in [0.15, 0.2) is 48.5 Å². The molecule has 7 nitrogen and oxygen atoms in total. The fourth-order valence-electron chi connectivity index (χ4n) is 2.10. The highest BCUT2D eigenvalue weighted by atomic mass is 15.2. The molecule has 4 N–H and O–H groups in total. The van der Waals surface area contributed by atoms with Crippen molar-refractivity contribution >= 4 is 23.4 Å². The number of aromatic nitrogens is 4. The van der Waals surface area contributed by atoms with Gasteiger partial charge in [-0.3, -0.25) is 0 Å². The average molecular weight is 321 g/mol. The standard InChI is InChI=1S/C17H19N7/c1-11(2)19-16-22-15(13-9-6-10-14(18)21-13)23-17(24-16)20-12-7-4-3-5-8-12/h3-11H,1-2H3,(H2,18,21)(H2,19,20,22,23,24). The summed E-state index contributed by atoms with van der Waals surface area (Å²) in [5.74, 6) is 1.80. The zero-order valence-corrected chi connectivity index (χ0v) is 13.6. The summed E-state index contributed by atoms with van der Waals surface area (Å²) in [4.78, 5) is 17.6. The van der Waals surface area contributed by atoms with Crippen LogP contribution in [-0.4, -0.2) is 26.0 Å². The highest BCUT2D eigenvalue weighted by Crippen LogP contribution is 2.19. The zero-order chi connectivity index (χ0) is 16.9. The van der Waals surface area contributed by atoms with Crippen molar-refractivity contribution in [2.45, 2.75) is 19.9 Å². The molecular formula is C17H19N7. The van der Waals surface area contributed by atoms with Crippen LogP contribution in [0, 0.1) is 0 Å². The lowest BCUT2D eigenvalue weighted by molar-refractivity contribution is 0.869. The number of anilines is 4. The fourth-order valence-corrected chi connectivity index (χ4v) is 2.10. The van der Waals surface area contributed by atoms with Crippen LogP contribution in [0.3, 0.4) is 0 Å². The summed E-state index contributed by atoms with van der Waals surface area (Å²) in [5, 5.41) is 6.38. The van der Waals surface area contributed by atoms with Crippen LogP contribution in [0.5, 0.6) is 0 Å². The first-order valence-corrected chi connectivity index (χ1v) is 7.68. The number of hydrogen-bond acceptors (Lipinski definition) is 7. The number of nitrogen functional groups attached to an aromatic ring is 1. The summed E-state index contributed by atoms with van der Waals surface area (Å²) in [7, 11) is 0. The van der Waals surface area contributed by atoms with Crippen molar-refractivity contribution in [3.05, 3.63) is 48.5 Å². The molecule has 0 aliphatic rings. The molecule has 0 atom stereocenters. The van der Waals surface area contributed by atoms with Gasteiger partial charge in [-0.2, -0.15) is 15.0 Å². The van der Waals surface area contributed by atoms with E-state index < -0.39 is 0 Å². The van der Waals surface area contributed by atoms with Crippen LogP contribution in [0.1, 0.15) is 13.8 Å². The SMILES string of the molecule is CC(C)Nc1nc(Nc2ccccc2)nc(-c2cccc(N)n2)n1. The largest absolute Gasteiger partial charge is 0.384 e. The third-order valence-electron chi connectivity index (χ3n) is 3.08. The first-order valence-electron chi connectivity index (χ1n) is 7.68. The maximum atomic E-state index is 5.76. The van der Waals surface area contributed by atoms with Crippen molar-refractivity contribution in [3.8, 4) is 11.5 Å². The third-order valence-corrected chi connectivity index (χ3v) is 3.08. The lowest BCUT2D eigenvalue weighted by Gasteiger charge is -2.12. The van der Waals surface area contributed by atoms with Crippen molar-refractivity contribution in [2.24, 2.45) is 0 Å². The Labute approximate surface area is 140 Å². The Morgan fingerprint density at radius 3 is 2.29 bits per heavy atom. The third kappa shape index (κ3) is 3.95. The quantitative estimate of drug-likeness (QED) is 0.663. The normalized spacial score (nSPS) is 10.6. The van der Waals surface area contributed by atoms with Crippen molar-refractivity contribution in [2.75, 3.05) is 16.4 Å². The van der Waals surface area contributed by atoms with E-state index in [1.165, 1.54) is 0 Å². The van der Waals surface area contributed by atoms with Crippen LogP contribution >= 0.6 is 0 Å². The number of pyridine rings is 1. The zero-order valence-electron chi connectivity index (χ0n) is 13.6. The molecule has 2 aromatic heterocycles. The van der Waals surface area contributed by atoms with Crippen LogP contribution in [-0.2, 0) is 0 Å². The fraction of sp³-hybridized carbons (Fsp3) is 0.176. The van der Waals surface area contributed by atoms with E-state index in [1.807, 2.05) is 56.3 Å². The van der Waals surface area contributed by atoms with Gasteiger partial charge in [-0.1, -0.05) is 24.3 Å². The maximum Gasteiger partial charge on any atom is 0.232 e. The summed E-state index contributed by atoms with van der Waals surface area (Å²) < 4.78 is 0. The predicted molar refractivity (Wildman–Crippen MR) is 96.0 cm³/mol. The summed E-state index contributed by atoms with van der Waals surface area (Å²) in [6.07, 6.45) is 0. The van der Waals surface area contributed by atoms with Gasteiger partial charge in [0.25, 0.3) is 0 Å². The lowest BCUT2D eigenvalue weighted by Crippen LogP contribution is -2.14. The molecule has 3 rings (SSSR count). The smallest absolute Gasteiger partial charge is 0.232 e. The molecule has 0 radical (unpaired) electrons. The minimum absolute atomic E-state index is 0.193. The first kappa shape index (κ1) is 15.7. The molecular weight excluding hydrogens is 302 g/mol. The Balaban J connectivity index is 2.00. The number of benzene rings is 1. The molecule has 24 heavy (non-hydrogen) atoms. The molecule has 0 aliphatic carbocycles.